The van der Waals surface area contributed by atoms with E-state index in [1.807, 2.05) is 6.07 Å². The summed E-state index contributed by atoms with van der Waals surface area (Å²) in [6, 6.07) is 37.8. The normalized spacial score (nSPS) is 10.8. The fraction of sp³-hybridized carbons (Fsp3) is 0.0357. The molecule has 1 N–H and O–H groups in total. The van der Waals surface area contributed by atoms with Crippen molar-refractivity contribution in [2.24, 2.45) is 0 Å². The fourth-order valence-electron chi connectivity index (χ4n) is 3.83. The molecule has 144 valence electrons. The van der Waals surface area contributed by atoms with Crippen LogP contribution in [0.5, 0.6) is 0 Å². The van der Waals surface area contributed by atoms with Gasteiger partial charge in [0.1, 0.15) is 5.82 Å². The van der Waals surface area contributed by atoms with Crippen LogP contribution in [0, 0.1) is 6.92 Å². The van der Waals surface area contributed by atoms with Crippen LogP contribution in [0.25, 0.3) is 33.2 Å². The molecule has 5 aromatic rings. The number of anilines is 2. The average Bonchev–Trinajstić information content (AvgIpc) is 2.81. The highest BCUT2D eigenvalue weighted by molar-refractivity contribution is 6.07. The number of pyridine rings is 1. The Hall–Kier alpha value is -3.91. The molecular weight excluding hydrogens is 364 g/mol. The summed E-state index contributed by atoms with van der Waals surface area (Å²) in [5.74, 6) is 0.869. The van der Waals surface area contributed by atoms with Crippen molar-refractivity contribution in [1.29, 1.82) is 0 Å². The summed E-state index contributed by atoms with van der Waals surface area (Å²) in [4.78, 5) is 5.15. The first-order valence-corrected chi connectivity index (χ1v) is 10.2. The summed E-state index contributed by atoms with van der Waals surface area (Å²) < 4.78 is 0. The van der Waals surface area contributed by atoms with Crippen molar-refractivity contribution >= 4 is 22.3 Å². The van der Waals surface area contributed by atoms with Crippen LogP contribution in [-0.2, 0) is 0 Å². The first-order valence-electron chi connectivity index (χ1n) is 10.2. The molecular formula is C28H22N2. The molecule has 0 saturated carbocycles. The van der Waals surface area contributed by atoms with E-state index in [0.29, 0.717) is 0 Å². The molecule has 0 atom stereocenters. The zero-order valence-electron chi connectivity index (χ0n) is 16.8. The number of hydrogen-bond donors (Lipinski definition) is 1. The van der Waals surface area contributed by atoms with E-state index in [0.717, 1.165) is 33.7 Å². The lowest BCUT2D eigenvalue weighted by Crippen LogP contribution is -1.99. The third-order valence-electron chi connectivity index (χ3n) is 5.34. The van der Waals surface area contributed by atoms with E-state index in [1.165, 1.54) is 16.5 Å². The lowest BCUT2D eigenvalue weighted by Gasteiger charge is -2.17. The Morgan fingerprint density at radius 1 is 0.567 bits per heavy atom. The second kappa shape index (κ2) is 7.84. The fourth-order valence-corrected chi connectivity index (χ4v) is 3.83. The smallest absolute Gasteiger partial charge is 0.139 e. The van der Waals surface area contributed by atoms with Gasteiger partial charge in [0.15, 0.2) is 0 Å². The van der Waals surface area contributed by atoms with Crippen molar-refractivity contribution in [1.82, 2.24) is 4.98 Å². The average molecular weight is 386 g/mol. The quantitative estimate of drug-likeness (QED) is 0.343. The Morgan fingerprint density at radius 3 is 1.80 bits per heavy atom. The minimum atomic E-state index is 0.869. The largest absolute Gasteiger partial charge is 0.340 e. The van der Waals surface area contributed by atoms with E-state index in [2.05, 4.69) is 115 Å². The molecule has 0 spiro atoms. The predicted molar refractivity (Wildman–Crippen MR) is 127 cm³/mol. The van der Waals surface area contributed by atoms with Crippen LogP contribution >= 0.6 is 0 Å². The van der Waals surface area contributed by atoms with Crippen LogP contribution in [0.1, 0.15) is 5.56 Å². The summed E-state index contributed by atoms with van der Waals surface area (Å²) >= 11 is 0. The molecule has 0 radical (unpaired) electrons. The van der Waals surface area contributed by atoms with E-state index >= 15 is 0 Å². The number of rotatable bonds is 4. The van der Waals surface area contributed by atoms with Crippen LogP contribution in [0.15, 0.2) is 109 Å². The zero-order chi connectivity index (χ0) is 20.3. The summed E-state index contributed by atoms with van der Waals surface area (Å²) in [5, 5.41) is 5.85. The molecule has 1 aromatic heterocycles. The number of nitrogens with zero attached hydrogens (tertiary/aromatic N) is 1. The molecule has 0 aliphatic heterocycles. The van der Waals surface area contributed by atoms with E-state index in [-0.39, 0.29) is 0 Å². The van der Waals surface area contributed by atoms with Gasteiger partial charge in [-0.25, -0.2) is 4.98 Å². The summed E-state index contributed by atoms with van der Waals surface area (Å²) in [7, 11) is 0. The molecule has 4 aromatic carbocycles. The SMILES string of the molecule is Cc1ccc(Nc2nc(-c3ccccc3)c(-c3ccccc3)c3ccccc23)cc1. The van der Waals surface area contributed by atoms with Gasteiger partial charge in [0.25, 0.3) is 0 Å². The van der Waals surface area contributed by atoms with Crippen LogP contribution in [-0.4, -0.2) is 4.98 Å². The third-order valence-corrected chi connectivity index (χ3v) is 5.34. The molecule has 0 aliphatic carbocycles. The lowest BCUT2D eigenvalue weighted by atomic mass is 9.94. The molecule has 0 saturated heterocycles. The maximum atomic E-state index is 5.15. The maximum Gasteiger partial charge on any atom is 0.139 e. The van der Waals surface area contributed by atoms with Crippen molar-refractivity contribution in [2.75, 3.05) is 5.32 Å². The molecule has 2 nitrogen and oxygen atoms in total. The minimum absolute atomic E-state index is 0.869. The standard InChI is InChI=1S/C28H22N2/c1-20-16-18-23(19-17-20)29-28-25-15-9-8-14-24(25)26(21-10-4-2-5-11-21)27(30-28)22-12-6-3-7-13-22/h2-19H,1H3,(H,29,30). The number of fused-ring (bicyclic) bond motifs is 1. The molecule has 0 fully saturated rings. The number of aromatic nitrogens is 1. The monoisotopic (exact) mass is 386 g/mol. The predicted octanol–water partition coefficient (Wildman–Crippen LogP) is 7.62. The maximum absolute atomic E-state index is 5.15. The van der Waals surface area contributed by atoms with Gasteiger partial charge in [-0.05, 0) is 30.0 Å². The second-order valence-electron chi connectivity index (χ2n) is 7.45. The van der Waals surface area contributed by atoms with Crippen LogP contribution in [0.3, 0.4) is 0 Å². The second-order valence-corrected chi connectivity index (χ2v) is 7.45. The van der Waals surface area contributed by atoms with Crippen molar-refractivity contribution in [3.8, 4) is 22.4 Å². The summed E-state index contributed by atoms with van der Waals surface area (Å²) in [5.41, 5.74) is 6.69. The zero-order valence-corrected chi connectivity index (χ0v) is 16.8. The number of hydrogen-bond acceptors (Lipinski definition) is 2. The van der Waals surface area contributed by atoms with Gasteiger partial charge in [0.2, 0.25) is 0 Å². The first kappa shape index (κ1) is 18.1. The highest BCUT2D eigenvalue weighted by Crippen LogP contribution is 2.40. The molecule has 5 rings (SSSR count). The van der Waals surface area contributed by atoms with Gasteiger partial charge < -0.3 is 5.32 Å². The van der Waals surface area contributed by atoms with E-state index in [9.17, 15) is 0 Å². The lowest BCUT2D eigenvalue weighted by molar-refractivity contribution is 1.33. The van der Waals surface area contributed by atoms with Crippen LogP contribution in [0.4, 0.5) is 11.5 Å². The van der Waals surface area contributed by atoms with Crippen molar-refractivity contribution in [3.05, 3.63) is 115 Å². The van der Waals surface area contributed by atoms with Gasteiger partial charge in [0, 0.05) is 22.2 Å². The first-order chi connectivity index (χ1) is 14.8. The molecule has 1 heterocycles. The number of nitrogens with one attached hydrogen (secondary N) is 1. The summed E-state index contributed by atoms with van der Waals surface area (Å²) in [6.07, 6.45) is 0. The Balaban J connectivity index is 1.79. The van der Waals surface area contributed by atoms with E-state index in [1.54, 1.807) is 0 Å². The van der Waals surface area contributed by atoms with Crippen LogP contribution < -0.4 is 5.32 Å². The Labute approximate surface area is 176 Å². The topological polar surface area (TPSA) is 24.9 Å². The molecule has 0 unspecified atom stereocenters. The van der Waals surface area contributed by atoms with Crippen molar-refractivity contribution in [3.63, 3.8) is 0 Å². The highest BCUT2D eigenvalue weighted by Gasteiger charge is 2.16. The Kier molecular flexibility index (Phi) is 4.74. The van der Waals surface area contributed by atoms with Crippen molar-refractivity contribution < 1.29 is 0 Å². The number of benzene rings is 4. The van der Waals surface area contributed by atoms with Gasteiger partial charge in [-0.3, -0.25) is 0 Å². The molecule has 0 bridgehead atoms. The highest BCUT2D eigenvalue weighted by atomic mass is 15.0. The van der Waals surface area contributed by atoms with Gasteiger partial charge in [0.05, 0.1) is 5.69 Å². The Bertz CT molecular complexity index is 1290. The van der Waals surface area contributed by atoms with Crippen molar-refractivity contribution in [2.45, 2.75) is 6.92 Å². The molecule has 0 amide bonds. The number of aryl methyl sites for hydroxylation is 1. The van der Waals surface area contributed by atoms with Crippen LogP contribution in [0.2, 0.25) is 0 Å². The van der Waals surface area contributed by atoms with Gasteiger partial charge in [-0.1, -0.05) is 103 Å². The molecule has 2 heteroatoms. The minimum Gasteiger partial charge on any atom is -0.340 e. The van der Waals surface area contributed by atoms with Gasteiger partial charge >= 0.3 is 0 Å². The Morgan fingerprint density at radius 2 is 1.13 bits per heavy atom. The van der Waals surface area contributed by atoms with Gasteiger partial charge in [-0.2, -0.15) is 0 Å². The van der Waals surface area contributed by atoms with E-state index in [4.69, 9.17) is 4.98 Å². The molecule has 30 heavy (non-hydrogen) atoms. The van der Waals surface area contributed by atoms with E-state index < -0.39 is 0 Å². The third kappa shape index (κ3) is 3.44. The summed E-state index contributed by atoms with van der Waals surface area (Å²) in [6.45, 7) is 2.10. The van der Waals surface area contributed by atoms with Gasteiger partial charge in [-0.15, -0.1) is 0 Å². The molecule has 0 aliphatic rings.